The van der Waals surface area contributed by atoms with Crippen molar-refractivity contribution < 1.29 is 15.3 Å². The summed E-state index contributed by atoms with van der Waals surface area (Å²) in [5.74, 6) is 1.13. The number of aliphatic hydroxyl groups is 3. The van der Waals surface area contributed by atoms with Crippen LogP contribution < -0.4 is 0 Å². The summed E-state index contributed by atoms with van der Waals surface area (Å²) in [6.07, 6.45) is 8.36. The number of rotatable bonds is 2. The molecular formula is C20H34O3. The molecule has 0 radical (unpaired) electrons. The number of aliphatic hydroxyl groups excluding tert-OH is 3. The second kappa shape index (κ2) is 4.74. The van der Waals surface area contributed by atoms with Gasteiger partial charge in [0.25, 0.3) is 0 Å². The van der Waals surface area contributed by atoms with Gasteiger partial charge in [-0.05, 0) is 78.4 Å². The highest BCUT2D eigenvalue weighted by Gasteiger charge is 2.75. The standard InChI is InChI=1S/C20H34O3/c1-17(16(23)11-21)9-13-6-8-20-12-18(20,2)7-4-5-14(20)19(13,3)15(22)10-17/h13-16,21-23H,4-12H2,1-3H3. The first-order valence-corrected chi connectivity index (χ1v) is 9.69. The Hall–Kier alpha value is -0.120. The Morgan fingerprint density at radius 2 is 1.83 bits per heavy atom. The van der Waals surface area contributed by atoms with Gasteiger partial charge in [0, 0.05) is 0 Å². The second-order valence-corrected chi connectivity index (χ2v) is 10.2. The third kappa shape index (κ3) is 1.88. The molecule has 3 N–H and O–H groups in total. The lowest BCUT2D eigenvalue weighted by Gasteiger charge is -2.62. The maximum absolute atomic E-state index is 11.2. The fraction of sp³-hybridized carbons (Fsp3) is 1.00. The molecule has 0 aromatic rings. The van der Waals surface area contributed by atoms with Crippen LogP contribution in [0.1, 0.15) is 72.1 Å². The van der Waals surface area contributed by atoms with Gasteiger partial charge in [-0.1, -0.05) is 27.2 Å². The Kier molecular flexibility index (Phi) is 3.37. The summed E-state index contributed by atoms with van der Waals surface area (Å²) in [5.41, 5.74) is 0.700. The molecule has 8 unspecified atom stereocenters. The lowest BCUT2D eigenvalue weighted by molar-refractivity contribution is -0.193. The van der Waals surface area contributed by atoms with Crippen LogP contribution in [0.5, 0.6) is 0 Å². The van der Waals surface area contributed by atoms with Crippen molar-refractivity contribution in [2.75, 3.05) is 6.61 Å². The third-order valence-electron chi connectivity index (χ3n) is 9.31. The fourth-order valence-electron chi connectivity index (χ4n) is 7.63. The predicted molar refractivity (Wildman–Crippen MR) is 89.8 cm³/mol. The van der Waals surface area contributed by atoms with E-state index in [2.05, 4.69) is 20.8 Å². The fourth-order valence-corrected chi connectivity index (χ4v) is 7.63. The molecule has 0 heterocycles. The molecule has 3 heteroatoms. The summed E-state index contributed by atoms with van der Waals surface area (Å²) < 4.78 is 0. The van der Waals surface area contributed by atoms with Crippen LogP contribution in [-0.2, 0) is 0 Å². The molecule has 4 rings (SSSR count). The molecule has 0 aromatic heterocycles. The van der Waals surface area contributed by atoms with Crippen LogP contribution in [-0.4, -0.2) is 34.1 Å². The molecule has 4 aliphatic carbocycles. The van der Waals surface area contributed by atoms with Crippen molar-refractivity contribution in [2.24, 2.45) is 33.5 Å². The van der Waals surface area contributed by atoms with Crippen molar-refractivity contribution in [2.45, 2.75) is 84.3 Å². The molecule has 4 saturated carbocycles. The van der Waals surface area contributed by atoms with Crippen molar-refractivity contribution in [3.63, 3.8) is 0 Å². The van der Waals surface area contributed by atoms with E-state index in [4.69, 9.17) is 0 Å². The normalized spacial score (nSPS) is 59.5. The van der Waals surface area contributed by atoms with Crippen LogP contribution in [0.3, 0.4) is 0 Å². The zero-order valence-electron chi connectivity index (χ0n) is 15.0. The number of fused-ring (bicyclic) bond motifs is 2. The van der Waals surface area contributed by atoms with Crippen LogP contribution in [0.4, 0.5) is 0 Å². The van der Waals surface area contributed by atoms with Gasteiger partial charge in [-0.15, -0.1) is 0 Å². The maximum Gasteiger partial charge on any atom is 0.0825 e. The summed E-state index contributed by atoms with van der Waals surface area (Å²) in [4.78, 5) is 0. The van der Waals surface area contributed by atoms with Crippen LogP contribution in [0.15, 0.2) is 0 Å². The minimum Gasteiger partial charge on any atom is -0.394 e. The van der Waals surface area contributed by atoms with Crippen LogP contribution in [0.2, 0.25) is 0 Å². The Bertz CT molecular complexity index is 507. The summed E-state index contributed by atoms with van der Waals surface area (Å²) in [6, 6.07) is 0. The van der Waals surface area contributed by atoms with Crippen molar-refractivity contribution in [1.82, 2.24) is 0 Å². The van der Waals surface area contributed by atoms with Crippen molar-refractivity contribution >= 4 is 0 Å². The van der Waals surface area contributed by atoms with E-state index in [0.717, 1.165) is 6.42 Å². The molecule has 1 spiro atoms. The van der Waals surface area contributed by atoms with Crippen LogP contribution >= 0.6 is 0 Å². The van der Waals surface area contributed by atoms with Crippen molar-refractivity contribution in [3.8, 4) is 0 Å². The number of hydrogen-bond donors (Lipinski definition) is 3. The second-order valence-electron chi connectivity index (χ2n) is 10.2. The molecule has 0 bridgehead atoms. The molecule has 132 valence electrons. The molecular weight excluding hydrogens is 288 g/mol. The summed E-state index contributed by atoms with van der Waals surface area (Å²) in [6.45, 7) is 6.70. The Morgan fingerprint density at radius 3 is 2.52 bits per heavy atom. The zero-order valence-corrected chi connectivity index (χ0v) is 15.0. The molecule has 0 aromatic carbocycles. The Labute approximate surface area is 140 Å². The smallest absolute Gasteiger partial charge is 0.0825 e. The quantitative estimate of drug-likeness (QED) is 0.732. The lowest BCUT2D eigenvalue weighted by atomic mass is 9.44. The van der Waals surface area contributed by atoms with Gasteiger partial charge in [0.1, 0.15) is 0 Å². The monoisotopic (exact) mass is 322 g/mol. The molecule has 8 atom stereocenters. The van der Waals surface area contributed by atoms with Gasteiger partial charge >= 0.3 is 0 Å². The highest BCUT2D eigenvalue weighted by atomic mass is 16.3. The predicted octanol–water partition coefficient (Wildman–Crippen LogP) is 3.11. The minimum atomic E-state index is -0.713. The highest BCUT2D eigenvalue weighted by Crippen LogP contribution is 2.81. The van der Waals surface area contributed by atoms with Crippen LogP contribution in [0, 0.1) is 33.5 Å². The average molecular weight is 322 g/mol. The zero-order chi connectivity index (χ0) is 16.7. The minimum absolute atomic E-state index is 0.00508. The van der Waals surface area contributed by atoms with Gasteiger partial charge in [0.2, 0.25) is 0 Å². The molecule has 0 saturated heterocycles. The summed E-state index contributed by atoms with van der Waals surface area (Å²) >= 11 is 0. The van der Waals surface area contributed by atoms with E-state index in [1.165, 1.54) is 38.5 Å². The molecule has 23 heavy (non-hydrogen) atoms. The molecule has 3 nitrogen and oxygen atoms in total. The molecule has 4 fully saturated rings. The topological polar surface area (TPSA) is 60.7 Å². The van der Waals surface area contributed by atoms with Crippen molar-refractivity contribution in [1.29, 1.82) is 0 Å². The van der Waals surface area contributed by atoms with E-state index >= 15 is 0 Å². The van der Waals surface area contributed by atoms with Gasteiger partial charge in [0.15, 0.2) is 0 Å². The van der Waals surface area contributed by atoms with Gasteiger partial charge in [0.05, 0.1) is 18.8 Å². The first-order chi connectivity index (χ1) is 10.7. The van der Waals surface area contributed by atoms with E-state index < -0.39 is 6.10 Å². The molecule has 0 aliphatic heterocycles. The van der Waals surface area contributed by atoms with Gasteiger partial charge in [-0.2, -0.15) is 0 Å². The Morgan fingerprint density at radius 1 is 1.09 bits per heavy atom. The van der Waals surface area contributed by atoms with Gasteiger partial charge in [-0.3, -0.25) is 0 Å². The largest absolute Gasteiger partial charge is 0.394 e. The van der Waals surface area contributed by atoms with Crippen LogP contribution in [0.25, 0.3) is 0 Å². The summed E-state index contributed by atoms with van der Waals surface area (Å²) in [5, 5.41) is 30.9. The lowest BCUT2D eigenvalue weighted by Crippen LogP contribution is -2.60. The molecule has 4 aliphatic rings. The maximum atomic E-state index is 11.2. The first-order valence-electron chi connectivity index (χ1n) is 9.69. The van der Waals surface area contributed by atoms with E-state index in [0.29, 0.717) is 29.1 Å². The van der Waals surface area contributed by atoms with E-state index in [1.807, 2.05) is 0 Å². The van der Waals surface area contributed by atoms with Crippen molar-refractivity contribution in [3.05, 3.63) is 0 Å². The van der Waals surface area contributed by atoms with E-state index in [-0.39, 0.29) is 23.5 Å². The Balaban J connectivity index is 1.66. The average Bonchev–Trinajstić information content (AvgIpc) is 3.13. The molecule has 0 amide bonds. The van der Waals surface area contributed by atoms with E-state index in [9.17, 15) is 15.3 Å². The summed E-state index contributed by atoms with van der Waals surface area (Å²) in [7, 11) is 0. The van der Waals surface area contributed by atoms with Gasteiger partial charge in [-0.25, -0.2) is 0 Å². The third-order valence-corrected chi connectivity index (χ3v) is 9.31. The number of hydrogen-bond acceptors (Lipinski definition) is 3. The van der Waals surface area contributed by atoms with Gasteiger partial charge < -0.3 is 15.3 Å². The first kappa shape index (κ1) is 16.4. The van der Waals surface area contributed by atoms with E-state index in [1.54, 1.807) is 0 Å². The SMILES string of the molecule is CC1(C(O)CO)CC(O)C2(C)C(CCC34CC3(C)CCCC24)C1. The highest BCUT2D eigenvalue weighted by molar-refractivity contribution is 5.23.